The van der Waals surface area contributed by atoms with E-state index in [1.54, 1.807) is 12.1 Å². The standard InChI is InChI=1S/C13H14N2O3/c1-9-2-7-13(18-9)12(14)8-10-3-5-11(6-4-10)15(16)17/h2-7,12H,8,14H2,1H3. The number of nitrogens with zero attached hydrogens (tertiary/aromatic N) is 1. The molecule has 2 rings (SSSR count). The van der Waals surface area contributed by atoms with Gasteiger partial charge in [-0.3, -0.25) is 10.1 Å². The van der Waals surface area contributed by atoms with E-state index in [4.69, 9.17) is 10.2 Å². The summed E-state index contributed by atoms with van der Waals surface area (Å²) in [6.07, 6.45) is 0.588. The van der Waals surface area contributed by atoms with Gasteiger partial charge < -0.3 is 10.2 Å². The Hall–Kier alpha value is -2.14. The van der Waals surface area contributed by atoms with E-state index in [1.165, 1.54) is 12.1 Å². The van der Waals surface area contributed by atoms with Gasteiger partial charge in [0, 0.05) is 12.1 Å². The van der Waals surface area contributed by atoms with Crippen molar-refractivity contribution in [3.05, 3.63) is 63.6 Å². The minimum Gasteiger partial charge on any atom is -0.465 e. The fourth-order valence-electron chi connectivity index (χ4n) is 1.76. The van der Waals surface area contributed by atoms with Crippen molar-refractivity contribution >= 4 is 5.69 Å². The summed E-state index contributed by atoms with van der Waals surface area (Å²) in [5.41, 5.74) is 7.04. The quantitative estimate of drug-likeness (QED) is 0.664. The van der Waals surface area contributed by atoms with Crippen molar-refractivity contribution in [1.82, 2.24) is 0 Å². The molecule has 1 unspecified atom stereocenters. The Kier molecular flexibility index (Phi) is 3.43. The van der Waals surface area contributed by atoms with Gasteiger partial charge in [0.15, 0.2) is 0 Å². The molecule has 2 aromatic rings. The SMILES string of the molecule is Cc1ccc(C(N)Cc2ccc([N+](=O)[O-])cc2)o1. The lowest BCUT2D eigenvalue weighted by molar-refractivity contribution is -0.384. The van der Waals surface area contributed by atoms with Gasteiger partial charge in [-0.15, -0.1) is 0 Å². The molecule has 0 aliphatic rings. The molecule has 0 aliphatic heterocycles. The van der Waals surface area contributed by atoms with E-state index in [0.29, 0.717) is 6.42 Å². The van der Waals surface area contributed by atoms with E-state index < -0.39 is 4.92 Å². The molecule has 94 valence electrons. The molecule has 18 heavy (non-hydrogen) atoms. The van der Waals surface area contributed by atoms with Gasteiger partial charge in [0.2, 0.25) is 0 Å². The summed E-state index contributed by atoms with van der Waals surface area (Å²) in [6.45, 7) is 1.86. The van der Waals surface area contributed by atoms with Crippen molar-refractivity contribution in [2.75, 3.05) is 0 Å². The number of nitro benzene ring substituents is 1. The van der Waals surface area contributed by atoms with Gasteiger partial charge in [0.25, 0.3) is 5.69 Å². The highest BCUT2D eigenvalue weighted by molar-refractivity contribution is 5.33. The first-order valence-electron chi connectivity index (χ1n) is 5.61. The summed E-state index contributed by atoms with van der Waals surface area (Å²) < 4.78 is 5.45. The van der Waals surface area contributed by atoms with Crippen LogP contribution in [0.5, 0.6) is 0 Å². The molecule has 5 heteroatoms. The zero-order chi connectivity index (χ0) is 13.1. The highest BCUT2D eigenvalue weighted by Crippen LogP contribution is 2.20. The monoisotopic (exact) mass is 246 g/mol. The third-order valence-corrected chi connectivity index (χ3v) is 2.73. The largest absolute Gasteiger partial charge is 0.465 e. The number of rotatable bonds is 4. The Morgan fingerprint density at radius 1 is 1.28 bits per heavy atom. The van der Waals surface area contributed by atoms with Crippen LogP contribution in [0.3, 0.4) is 0 Å². The van der Waals surface area contributed by atoms with Gasteiger partial charge in [-0.25, -0.2) is 0 Å². The molecular formula is C13H14N2O3. The molecule has 0 bridgehead atoms. The Balaban J connectivity index is 2.07. The van der Waals surface area contributed by atoms with Crippen LogP contribution in [0.2, 0.25) is 0 Å². The van der Waals surface area contributed by atoms with Crippen LogP contribution in [0.25, 0.3) is 0 Å². The molecule has 0 fully saturated rings. The lowest BCUT2D eigenvalue weighted by Gasteiger charge is -2.08. The van der Waals surface area contributed by atoms with E-state index in [-0.39, 0.29) is 11.7 Å². The first-order valence-corrected chi connectivity index (χ1v) is 5.61. The molecule has 1 aromatic carbocycles. The first kappa shape index (κ1) is 12.3. The molecular weight excluding hydrogens is 232 g/mol. The second-order valence-corrected chi connectivity index (χ2v) is 4.18. The maximum atomic E-state index is 10.5. The maximum Gasteiger partial charge on any atom is 0.269 e. The summed E-state index contributed by atoms with van der Waals surface area (Å²) in [6, 6.07) is 9.88. The number of furan rings is 1. The summed E-state index contributed by atoms with van der Waals surface area (Å²) in [7, 11) is 0. The van der Waals surface area contributed by atoms with E-state index in [9.17, 15) is 10.1 Å². The molecule has 0 amide bonds. The molecule has 1 heterocycles. The Bertz CT molecular complexity index is 546. The second kappa shape index (κ2) is 5.01. The normalized spacial score (nSPS) is 12.3. The second-order valence-electron chi connectivity index (χ2n) is 4.18. The fourth-order valence-corrected chi connectivity index (χ4v) is 1.76. The van der Waals surface area contributed by atoms with Crippen molar-refractivity contribution in [3.63, 3.8) is 0 Å². The van der Waals surface area contributed by atoms with Crippen LogP contribution in [0.15, 0.2) is 40.8 Å². The van der Waals surface area contributed by atoms with E-state index >= 15 is 0 Å². The van der Waals surface area contributed by atoms with E-state index in [1.807, 2.05) is 19.1 Å². The van der Waals surface area contributed by atoms with Gasteiger partial charge in [-0.2, -0.15) is 0 Å². The number of nitrogens with two attached hydrogens (primary N) is 1. The Morgan fingerprint density at radius 2 is 1.94 bits per heavy atom. The van der Waals surface area contributed by atoms with Crippen LogP contribution in [0.1, 0.15) is 23.1 Å². The first-order chi connectivity index (χ1) is 8.56. The van der Waals surface area contributed by atoms with E-state index in [2.05, 4.69) is 0 Å². The zero-order valence-electron chi connectivity index (χ0n) is 10.00. The summed E-state index contributed by atoms with van der Waals surface area (Å²) in [5.74, 6) is 1.55. The van der Waals surface area contributed by atoms with Crippen molar-refractivity contribution in [3.8, 4) is 0 Å². The van der Waals surface area contributed by atoms with Crippen molar-refractivity contribution in [1.29, 1.82) is 0 Å². The topological polar surface area (TPSA) is 82.3 Å². The van der Waals surface area contributed by atoms with Gasteiger partial charge in [-0.1, -0.05) is 12.1 Å². The molecule has 1 atom stereocenters. The van der Waals surface area contributed by atoms with Gasteiger partial charge >= 0.3 is 0 Å². The van der Waals surface area contributed by atoms with Crippen LogP contribution in [-0.2, 0) is 6.42 Å². The van der Waals surface area contributed by atoms with Crippen molar-refractivity contribution in [2.45, 2.75) is 19.4 Å². The lowest BCUT2D eigenvalue weighted by Crippen LogP contribution is -2.12. The van der Waals surface area contributed by atoms with Gasteiger partial charge in [0.05, 0.1) is 11.0 Å². The van der Waals surface area contributed by atoms with Crippen LogP contribution in [-0.4, -0.2) is 4.92 Å². The van der Waals surface area contributed by atoms with Crippen LogP contribution < -0.4 is 5.73 Å². The smallest absolute Gasteiger partial charge is 0.269 e. The molecule has 0 spiro atoms. The fraction of sp³-hybridized carbons (Fsp3) is 0.231. The van der Waals surface area contributed by atoms with Gasteiger partial charge in [-0.05, 0) is 31.0 Å². The predicted octanol–water partition coefficient (Wildman–Crippen LogP) is 2.74. The minimum atomic E-state index is -0.417. The minimum absolute atomic E-state index is 0.0844. The highest BCUT2D eigenvalue weighted by atomic mass is 16.6. The molecule has 2 N–H and O–H groups in total. The van der Waals surface area contributed by atoms with Gasteiger partial charge in [0.1, 0.15) is 11.5 Å². The average Bonchev–Trinajstić information content (AvgIpc) is 2.76. The third-order valence-electron chi connectivity index (χ3n) is 2.73. The van der Waals surface area contributed by atoms with E-state index in [0.717, 1.165) is 17.1 Å². The number of benzene rings is 1. The molecule has 0 saturated carbocycles. The Labute approximate surface area is 104 Å². The zero-order valence-corrected chi connectivity index (χ0v) is 10.00. The number of aryl methyl sites for hydroxylation is 1. The maximum absolute atomic E-state index is 10.5. The lowest BCUT2D eigenvalue weighted by atomic mass is 10.0. The van der Waals surface area contributed by atoms with Crippen molar-refractivity contribution < 1.29 is 9.34 Å². The summed E-state index contributed by atoms with van der Waals surface area (Å²) in [5, 5.41) is 10.5. The number of non-ortho nitro benzene ring substituents is 1. The van der Waals surface area contributed by atoms with Crippen LogP contribution >= 0.6 is 0 Å². The molecule has 5 nitrogen and oxygen atoms in total. The van der Waals surface area contributed by atoms with Crippen LogP contribution in [0.4, 0.5) is 5.69 Å². The third kappa shape index (κ3) is 2.75. The number of hydrogen-bond donors (Lipinski definition) is 1. The average molecular weight is 246 g/mol. The molecule has 1 aromatic heterocycles. The predicted molar refractivity (Wildman–Crippen MR) is 67.2 cm³/mol. The molecule has 0 aliphatic carbocycles. The Morgan fingerprint density at radius 3 is 2.44 bits per heavy atom. The number of nitro groups is 1. The molecule has 0 saturated heterocycles. The summed E-state index contributed by atoms with van der Waals surface area (Å²) in [4.78, 5) is 10.1. The summed E-state index contributed by atoms with van der Waals surface area (Å²) >= 11 is 0. The van der Waals surface area contributed by atoms with Crippen LogP contribution in [0, 0.1) is 17.0 Å². The molecule has 0 radical (unpaired) electrons. The number of hydrogen-bond acceptors (Lipinski definition) is 4. The highest BCUT2D eigenvalue weighted by Gasteiger charge is 2.12. The van der Waals surface area contributed by atoms with Crippen molar-refractivity contribution in [2.24, 2.45) is 5.73 Å².